The van der Waals surface area contributed by atoms with Crippen LogP contribution in [0.4, 0.5) is 26.3 Å². The highest BCUT2D eigenvalue weighted by Crippen LogP contribution is 2.36. The van der Waals surface area contributed by atoms with Crippen molar-refractivity contribution in [3.8, 4) is 0 Å². The number of halogens is 6. The summed E-state index contributed by atoms with van der Waals surface area (Å²) in [5.41, 5.74) is -1.04. The molecule has 0 amide bonds. The van der Waals surface area contributed by atoms with Crippen molar-refractivity contribution in [3.63, 3.8) is 0 Å². The highest BCUT2D eigenvalue weighted by atomic mass is 19.4. The fourth-order valence-electron chi connectivity index (χ4n) is 0.984. The van der Waals surface area contributed by atoms with Crippen LogP contribution >= 0.6 is 0 Å². The molecule has 0 aliphatic rings. The number of ether oxygens (including phenoxy) is 2. The number of hydrogen-bond donors (Lipinski definition) is 0. The molecule has 1 unspecified atom stereocenters. The lowest BCUT2D eigenvalue weighted by atomic mass is 10.2. The molecule has 0 saturated carbocycles. The van der Waals surface area contributed by atoms with Crippen LogP contribution in [0.15, 0.2) is 0 Å². The highest BCUT2D eigenvalue weighted by molar-refractivity contribution is 5.74. The van der Waals surface area contributed by atoms with Gasteiger partial charge in [-0.05, 0) is 27.7 Å². The summed E-state index contributed by atoms with van der Waals surface area (Å²) in [6, 6.07) is 0. The molecule has 0 aromatic heterocycles. The molecule has 19 heavy (non-hydrogen) atoms. The van der Waals surface area contributed by atoms with Crippen LogP contribution in [0.2, 0.25) is 0 Å². The van der Waals surface area contributed by atoms with E-state index in [0.717, 1.165) is 6.92 Å². The van der Waals surface area contributed by atoms with Gasteiger partial charge in [-0.2, -0.15) is 26.3 Å². The van der Waals surface area contributed by atoms with Crippen molar-refractivity contribution in [3.05, 3.63) is 0 Å². The van der Waals surface area contributed by atoms with Gasteiger partial charge in [-0.15, -0.1) is 0 Å². The number of rotatable bonds is 3. The molecule has 1 atom stereocenters. The van der Waals surface area contributed by atoms with Crippen molar-refractivity contribution in [2.45, 2.75) is 57.9 Å². The van der Waals surface area contributed by atoms with Crippen molar-refractivity contribution in [1.29, 1.82) is 0 Å². The van der Waals surface area contributed by atoms with Crippen molar-refractivity contribution in [1.82, 2.24) is 0 Å². The molecule has 114 valence electrons. The zero-order chi connectivity index (χ0) is 15.6. The lowest BCUT2D eigenvalue weighted by molar-refractivity contribution is -0.328. The van der Waals surface area contributed by atoms with E-state index in [1.165, 1.54) is 20.8 Å². The topological polar surface area (TPSA) is 35.5 Å². The SMILES string of the molecule is CC(OC(C(F)(F)F)C(F)(F)F)C(=O)OC(C)(C)C. The average Bonchev–Trinajstić information content (AvgIpc) is 2.06. The third kappa shape index (κ3) is 6.65. The van der Waals surface area contributed by atoms with Crippen LogP contribution in [0.5, 0.6) is 0 Å². The number of alkyl halides is 6. The van der Waals surface area contributed by atoms with E-state index in [9.17, 15) is 31.1 Å². The third-order valence-electron chi connectivity index (χ3n) is 1.67. The maximum atomic E-state index is 12.2. The monoisotopic (exact) mass is 296 g/mol. The van der Waals surface area contributed by atoms with Crippen LogP contribution in [0.1, 0.15) is 27.7 Å². The largest absolute Gasteiger partial charge is 0.458 e. The highest BCUT2D eigenvalue weighted by Gasteiger charge is 2.59. The van der Waals surface area contributed by atoms with Gasteiger partial charge in [-0.25, -0.2) is 4.79 Å². The van der Waals surface area contributed by atoms with E-state index in [1.807, 2.05) is 0 Å². The maximum absolute atomic E-state index is 12.2. The van der Waals surface area contributed by atoms with Crippen molar-refractivity contribution in [2.24, 2.45) is 0 Å². The van der Waals surface area contributed by atoms with Gasteiger partial charge in [0.1, 0.15) is 5.60 Å². The molecule has 0 bridgehead atoms. The summed E-state index contributed by atoms with van der Waals surface area (Å²) in [7, 11) is 0. The Morgan fingerprint density at radius 3 is 1.58 bits per heavy atom. The Morgan fingerprint density at radius 2 is 1.32 bits per heavy atom. The van der Waals surface area contributed by atoms with E-state index >= 15 is 0 Å². The molecule has 0 aromatic rings. The first-order chi connectivity index (χ1) is 8.14. The van der Waals surface area contributed by atoms with Gasteiger partial charge in [0.25, 0.3) is 0 Å². The quantitative estimate of drug-likeness (QED) is 0.592. The first-order valence-electron chi connectivity index (χ1n) is 5.16. The minimum absolute atomic E-state index is 0.762. The Morgan fingerprint density at radius 1 is 0.947 bits per heavy atom. The molecule has 0 N–H and O–H groups in total. The van der Waals surface area contributed by atoms with Crippen LogP contribution in [0, 0.1) is 0 Å². The smallest absolute Gasteiger partial charge is 0.423 e. The van der Waals surface area contributed by atoms with Crippen molar-refractivity contribution < 1.29 is 40.6 Å². The molecule has 0 aromatic carbocycles. The molecule has 0 heterocycles. The van der Waals surface area contributed by atoms with Crippen LogP contribution in [-0.4, -0.2) is 36.1 Å². The van der Waals surface area contributed by atoms with Crippen LogP contribution in [-0.2, 0) is 14.3 Å². The van der Waals surface area contributed by atoms with Gasteiger partial charge >= 0.3 is 18.3 Å². The summed E-state index contributed by atoms with van der Waals surface area (Å²) in [5, 5.41) is 0. The fourth-order valence-corrected chi connectivity index (χ4v) is 0.984. The summed E-state index contributed by atoms with van der Waals surface area (Å²) < 4.78 is 81.5. The standard InChI is InChI=1S/C10H14F6O3/c1-5(6(17)19-8(2,3)4)18-7(9(11,12)13)10(14,15)16/h5,7H,1-4H3. The van der Waals surface area contributed by atoms with Gasteiger partial charge in [0, 0.05) is 0 Å². The summed E-state index contributed by atoms with van der Waals surface area (Å²) in [6.45, 7) is 5.02. The maximum Gasteiger partial charge on any atom is 0.423 e. The van der Waals surface area contributed by atoms with Crippen LogP contribution < -0.4 is 0 Å². The van der Waals surface area contributed by atoms with E-state index in [4.69, 9.17) is 0 Å². The van der Waals surface area contributed by atoms with Gasteiger partial charge in [0.2, 0.25) is 6.10 Å². The summed E-state index contributed by atoms with van der Waals surface area (Å²) in [6.07, 6.45) is -17.3. The number of esters is 1. The Bertz CT molecular complexity index is 301. The summed E-state index contributed by atoms with van der Waals surface area (Å²) >= 11 is 0. The van der Waals surface area contributed by atoms with Crippen molar-refractivity contribution >= 4 is 5.97 Å². The molecule has 9 heteroatoms. The van der Waals surface area contributed by atoms with Gasteiger partial charge in [-0.1, -0.05) is 0 Å². The molecule has 0 radical (unpaired) electrons. The number of carbonyl (C=O) groups is 1. The van der Waals surface area contributed by atoms with Gasteiger partial charge in [0.05, 0.1) is 0 Å². The normalized spacial score (nSPS) is 15.5. The molecule has 0 rings (SSSR count). The number of hydrogen-bond acceptors (Lipinski definition) is 3. The Balaban J connectivity index is 4.84. The molecule has 0 fully saturated rings. The Labute approximate surface area is 105 Å². The average molecular weight is 296 g/mol. The third-order valence-corrected chi connectivity index (χ3v) is 1.67. The minimum Gasteiger partial charge on any atom is -0.458 e. The predicted octanol–water partition coefficient (Wildman–Crippen LogP) is 3.23. The number of carbonyl (C=O) groups excluding carboxylic acids is 1. The van der Waals surface area contributed by atoms with Gasteiger partial charge < -0.3 is 9.47 Å². The van der Waals surface area contributed by atoms with Gasteiger partial charge in [0.15, 0.2) is 6.10 Å². The molecular formula is C10H14F6O3. The Kier molecular flexibility index (Phi) is 5.27. The second-order valence-electron chi connectivity index (χ2n) is 4.78. The zero-order valence-corrected chi connectivity index (χ0v) is 10.6. The van der Waals surface area contributed by atoms with Crippen LogP contribution in [0.25, 0.3) is 0 Å². The molecule has 3 nitrogen and oxygen atoms in total. The van der Waals surface area contributed by atoms with E-state index in [-0.39, 0.29) is 0 Å². The Hall–Kier alpha value is -0.990. The molecule has 0 aliphatic heterocycles. The molecule has 0 saturated heterocycles. The first kappa shape index (κ1) is 18.0. The lowest BCUT2D eigenvalue weighted by Gasteiger charge is -2.27. The van der Waals surface area contributed by atoms with Crippen LogP contribution in [0.3, 0.4) is 0 Å². The summed E-state index contributed by atoms with van der Waals surface area (Å²) in [4.78, 5) is 11.3. The van der Waals surface area contributed by atoms with E-state index < -0.39 is 36.1 Å². The van der Waals surface area contributed by atoms with E-state index in [2.05, 4.69) is 9.47 Å². The molecular weight excluding hydrogens is 282 g/mol. The molecule has 0 spiro atoms. The van der Waals surface area contributed by atoms with E-state index in [0.29, 0.717) is 0 Å². The second kappa shape index (κ2) is 5.56. The zero-order valence-electron chi connectivity index (χ0n) is 10.6. The van der Waals surface area contributed by atoms with Gasteiger partial charge in [-0.3, -0.25) is 0 Å². The summed E-state index contributed by atoms with van der Waals surface area (Å²) in [5.74, 6) is -1.30. The van der Waals surface area contributed by atoms with Crippen molar-refractivity contribution in [2.75, 3.05) is 0 Å². The molecule has 0 aliphatic carbocycles. The first-order valence-corrected chi connectivity index (χ1v) is 5.16. The second-order valence-corrected chi connectivity index (χ2v) is 4.78. The van der Waals surface area contributed by atoms with E-state index in [1.54, 1.807) is 0 Å². The lowest BCUT2D eigenvalue weighted by Crippen LogP contribution is -2.48. The minimum atomic E-state index is -5.66. The fraction of sp³-hybridized carbons (Fsp3) is 0.900. The predicted molar refractivity (Wildman–Crippen MR) is 52.3 cm³/mol.